The number of hydrogen-bond acceptors (Lipinski definition) is 2. The van der Waals surface area contributed by atoms with Crippen molar-refractivity contribution >= 4 is 17.7 Å². The van der Waals surface area contributed by atoms with E-state index in [2.05, 4.69) is 0 Å². The van der Waals surface area contributed by atoms with Gasteiger partial charge in [-0.3, -0.25) is 4.79 Å². The van der Waals surface area contributed by atoms with Gasteiger partial charge < -0.3 is 4.90 Å². The number of thioether (sulfide) groups is 1. The van der Waals surface area contributed by atoms with Gasteiger partial charge in [-0.15, -0.1) is 11.8 Å². The minimum absolute atomic E-state index is 0.141. The summed E-state index contributed by atoms with van der Waals surface area (Å²) >= 11 is 1.71. The van der Waals surface area contributed by atoms with E-state index in [0.29, 0.717) is 6.42 Å². The van der Waals surface area contributed by atoms with Crippen molar-refractivity contribution in [3.05, 3.63) is 29.8 Å². The van der Waals surface area contributed by atoms with Crippen LogP contribution in [0.1, 0.15) is 5.56 Å². The van der Waals surface area contributed by atoms with Crippen LogP contribution in [0.2, 0.25) is 0 Å². The Kier molecular flexibility index (Phi) is 4.01. The summed E-state index contributed by atoms with van der Waals surface area (Å²) < 4.78 is 0. The van der Waals surface area contributed by atoms with Crippen LogP contribution >= 0.6 is 11.8 Å². The van der Waals surface area contributed by atoms with E-state index in [9.17, 15) is 4.79 Å². The van der Waals surface area contributed by atoms with E-state index in [-0.39, 0.29) is 5.91 Å². The molecule has 1 aromatic rings. The minimum atomic E-state index is 0.141. The molecular formula is C11H15NOS. The van der Waals surface area contributed by atoms with Crippen molar-refractivity contribution < 1.29 is 4.79 Å². The molecule has 14 heavy (non-hydrogen) atoms. The molecule has 0 saturated carbocycles. The van der Waals surface area contributed by atoms with Crippen LogP contribution in [0, 0.1) is 0 Å². The van der Waals surface area contributed by atoms with Gasteiger partial charge in [-0.2, -0.15) is 0 Å². The molecule has 0 unspecified atom stereocenters. The van der Waals surface area contributed by atoms with E-state index in [4.69, 9.17) is 0 Å². The lowest BCUT2D eigenvalue weighted by molar-refractivity contribution is -0.127. The van der Waals surface area contributed by atoms with E-state index < -0.39 is 0 Å². The van der Waals surface area contributed by atoms with E-state index >= 15 is 0 Å². The summed E-state index contributed by atoms with van der Waals surface area (Å²) in [5.41, 5.74) is 1.07. The molecule has 0 fully saturated rings. The van der Waals surface area contributed by atoms with Crippen molar-refractivity contribution in [2.24, 2.45) is 0 Å². The van der Waals surface area contributed by atoms with Crippen LogP contribution in [-0.4, -0.2) is 31.2 Å². The van der Waals surface area contributed by atoms with Crippen LogP contribution in [0.3, 0.4) is 0 Å². The van der Waals surface area contributed by atoms with Crippen LogP contribution < -0.4 is 0 Å². The predicted octanol–water partition coefficient (Wildman–Crippen LogP) is 2.04. The highest BCUT2D eigenvalue weighted by Gasteiger charge is 2.04. The number of nitrogens with zero attached hydrogens (tertiary/aromatic N) is 1. The van der Waals surface area contributed by atoms with Gasteiger partial charge in [-0.1, -0.05) is 12.1 Å². The SMILES string of the molecule is CSc1ccc(CC(=O)N(C)C)cc1. The summed E-state index contributed by atoms with van der Waals surface area (Å²) in [5, 5.41) is 0. The third kappa shape index (κ3) is 3.07. The Labute approximate surface area is 89.3 Å². The van der Waals surface area contributed by atoms with E-state index in [0.717, 1.165) is 5.56 Å². The van der Waals surface area contributed by atoms with Crippen LogP contribution in [0.25, 0.3) is 0 Å². The largest absolute Gasteiger partial charge is 0.349 e. The highest BCUT2D eigenvalue weighted by molar-refractivity contribution is 7.98. The summed E-state index contributed by atoms with van der Waals surface area (Å²) in [4.78, 5) is 14.2. The lowest BCUT2D eigenvalue weighted by atomic mass is 10.1. The third-order valence-corrected chi connectivity index (χ3v) is 2.76. The molecule has 0 bridgehead atoms. The first-order valence-electron chi connectivity index (χ1n) is 4.46. The Balaban J connectivity index is 2.64. The van der Waals surface area contributed by atoms with Crippen LogP contribution in [-0.2, 0) is 11.2 Å². The lowest BCUT2D eigenvalue weighted by Gasteiger charge is -2.09. The molecule has 0 radical (unpaired) electrons. The van der Waals surface area contributed by atoms with Crippen LogP contribution in [0.15, 0.2) is 29.2 Å². The first-order valence-corrected chi connectivity index (χ1v) is 5.69. The molecule has 0 aromatic heterocycles. The average molecular weight is 209 g/mol. The van der Waals surface area contributed by atoms with E-state index in [1.54, 1.807) is 30.8 Å². The summed E-state index contributed by atoms with van der Waals surface area (Å²) in [5.74, 6) is 0.141. The quantitative estimate of drug-likeness (QED) is 0.710. The normalized spacial score (nSPS) is 9.93. The maximum absolute atomic E-state index is 11.4. The molecule has 0 aliphatic heterocycles. The number of rotatable bonds is 3. The number of benzene rings is 1. The molecule has 0 aliphatic carbocycles. The average Bonchev–Trinajstić information content (AvgIpc) is 2.19. The van der Waals surface area contributed by atoms with E-state index in [1.165, 1.54) is 4.90 Å². The second-order valence-corrected chi connectivity index (χ2v) is 4.19. The number of carbonyl (C=O) groups is 1. The lowest BCUT2D eigenvalue weighted by Crippen LogP contribution is -2.23. The number of likely N-dealkylation sites (N-methyl/N-ethyl adjacent to an activating group) is 1. The molecular weight excluding hydrogens is 194 g/mol. The van der Waals surface area contributed by atoms with Gasteiger partial charge in [-0.25, -0.2) is 0 Å². The van der Waals surface area contributed by atoms with E-state index in [1.807, 2.05) is 30.5 Å². The Hall–Kier alpha value is -0.960. The highest BCUT2D eigenvalue weighted by Crippen LogP contribution is 2.15. The van der Waals surface area contributed by atoms with Crippen molar-refractivity contribution in [3.63, 3.8) is 0 Å². The summed E-state index contributed by atoms with van der Waals surface area (Å²) in [6.07, 6.45) is 2.53. The third-order valence-electron chi connectivity index (χ3n) is 2.01. The van der Waals surface area contributed by atoms with Crippen LogP contribution in [0.4, 0.5) is 0 Å². The molecule has 0 atom stereocenters. The molecule has 0 aliphatic rings. The van der Waals surface area contributed by atoms with Crippen molar-refractivity contribution in [2.75, 3.05) is 20.4 Å². The predicted molar refractivity (Wildman–Crippen MR) is 60.6 cm³/mol. The zero-order valence-electron chi connectivity index (χ0n) is 8.78. The zero-order valence-corrected chi connectivity index (χ0v) is 9.60. The minimum Gasteiger partial charge on any atom is -0.349 e. The van der Waals surface area contributed by atoms with Crippen LogP contribution in [0.5, 0.6) is 0 Å². The van der Waals surface area contributed by atoms with Gasteiger partial charge in [0.25, 0.3) is 0 Å². The molecule has 0 N–H and O–H groups in total. The fraction of sp³-hybridized carbons (Fsp3) is 0.364. The Bertz CT molecular complexity index is 306. The van der Waals surface area contributed by atoms with Crippen molar-refractivity contribution in [1.29, 1.82) is 0 Å². The summed E-state index contributed by atoms with van der Waals surface area (Å²) in [6, 6.07) is 8.10. The molecule has 0 heterocycles. The number of amides is 1. The molecule has 2 nitrogen and oxygen atoms in total. The Morgan fingerprint density at radius 2 is 1.86 bits per heavy atom. The molecule has 1 aromatic carbocycles. The fourth-order valence-electron chi connectivity index (χ4n) is 1.08. The summed E-state index contributed by atoms with van der Waals surface area (Å²) in [7, 11) is 3.55. The van der Waals surface area contributed by atoms with Gasteiger partial charge >= 0.3 is 0 Å². The maximum atomic E-state index is 11.4. The van der Waals surface area contributed by atoms with Gasteiger partial charge in [0.2, 0.25) is 5.91 Å². The molecule has 76 valence electrons. The molecule has 0 spiro atoms. The van der Waals surface area contributed by atoms with Gasteiger partial charge in [-0.05, 0) is 24.0 Å². The Morgan fingerprint density at radius 3 is 2.29 bits per heavy atom. The second kappa shape index (κ2) is 5.05. The van der Waals surface area contributed by atoms with Crippen molar-refractivity contribution in [2.45, 2.75) is 11.3 Å². The van der Waals surface area contributed by atoms with Crippen molar-refractivity contribution in [3.8, 4) is 0 Å². The first-order chi connectivity index (χ1) is 6.63. The van der Waals surface area contributed by atoms with Gasteiger partial charge in [0.15, 0.2) is 0 Å². The fourth-order valence-corrected chi connectivity index (χ4v) is 1.48. The monoisotopic (exact) mass is 209 g/mol. The van der Waals surface area contributed by atoms with Gasteiger partial charge in [0.1, 0.15) is 0 Å². The molecule has 3 heteroatoms. The standard InChI is InChI=1S/C11H15NOS/c1-12(2)11(13)8-9-4-6-10(14-3)7-5-9/h4-7H,8H2,1-3H3. The second-order valence-electron chi connectivity index (χ2n) is 3.31. The molecule has 0 saturated heterocycles. The summed E-state index contributed by atoms with van der Waals surface area (Å²) in [6.45, 7) is 0. The molecule has 1 rings (SSSR count). The topological polar surface area (TPSA) is 20.3 Å². The van der Waals surface area contributed by atoms with Crippen molar-refractivity contribution in [1.82, 2.24) is 4.90 Å². The highest BCUT2D eigenvalue weighted by atomic mass is 32.2. The number of carbonyl (C=O) groups excluding carboxylic acids is 1. The van der Waals surface area contributed by atoms with Gasteiger partial charge in [0.05, 0.1) is 6.42 Å². The maximum Gasteiger partial charge on any atom is 0.226 e. The Morgan fingerprint density at radius 1 is 1.29 bits per heavy atom. The molecule has 1 amide bonds. The number of hydrogen-bond donors (Lipinski definition) is 0. The smallest absolute Gasteiger partial charge is 0.226 e. The zero-order chi connectivity index (χ0) is 10.6. The first kappa shape index (κ1) is 11.1. The van der Waals surface area contributed by atoms with Gasteiger partial charge in [0, 0.05) is 19.0 Å².